The number of carbonyl (C=O) groups is 1. The first-order chi connectivity index (χ1) is 10.0. The van der Waals surface area contributed by atoms with Crippen LogP contribution in [0.3, 0.4) is 0 Å². The standard InChI is InChI=1S/C15H14BrFN2O2/c1-2-19-15(20)11-5-4-10(18)8-14(11)21-13-6-3-9(16)7-12(13)17/h3-8H,2,18H2,1H3,(H,19,20). The van der Waals surface area contributed by atoms with Crippen LogP contribution in [0.1, 0.15) is 17.3 Å². The van der Waals surface area contributed by atoms with Gasteiger partial charge in [-0.25, -0.2) is 4.39 Å². The maximum Gasteiger partial charge on any atom is 0.255 e. The highest BCUT2D eigenvalue weighted by atomic mass is 79.9. The zero-order chi connectivity index (χ0) is 15.4. The molecule has 0 aliphatic carbocycles. The fourth-order valence-corrected chi connectivity index (χ4v) is 2.08. The lowest BCUT2D eigenvalue weighted by Crippen LogP contribution is -2.23. The molecule has 21 heavy (non-hydrogen) atoms. The van der Waals surface area contributed by atoms with Gasteiger partial charge in [0.2, 0.25) is 0 Å². The van der Waals surface area contributed by atoms with Gasteiger partial charge in [-0.1, -0.05) is 15.9 Å². The molecule has 0 aliphatic rings. The number of ether oxygens (including phenoxy) is 1. The minimum atomic E-state index is -0.534. The second-order valence-corrected chi connectivity index (χ2v) is 5.21. The molecule has 0 unspecified atom stereocenters. The molecule has 6 heteroatoms. The Kier molecular flexibility index (Phi) is 4.80. The highest BCUT2D eigenvalue weighted by Crippen LogP contribution is 2.30. The highest BCUT2D eigenvalue weighted by molar-refractivity contribution is 9.10. The van der Waals surface area contributed by atoms with Crippen molar-refractivity contribution in [2.75, 3.05) is 12.3 Å². The van der Waals surface area contributed by atoms with E-state index in [9.17, 15) is 9.18 Å². The van der Waals surface area contributed by atoms with E-state index < -0.39 is 5.82 Å². The molecule has 0 atom stereocenters. The number of nitrogens with two attached hydrogens (primary N) is 1. The van der Waals surface area contributed by atoms with E-state index >= 15 is 0 Å². The Balaban J connectivity index is 2.38. The van der Waals surface area contributed by atoms with Crippen LogP contribution in [0.4, 0.5) is 10.1 Å². The fourth-order valence-electron chi connectivity index (χ4n) is 1.74. The lowest BCUT2D eigenvalue weighted by molar-refractivity contribution is 0.0953. The summed E-state index contributed by atoms with van der Waals surface area (Å²) in [5.41, 5.74) is 6.43. The molecule has 0 saturated carbocycles. The second kappa shape index (κ2) is 6.58. The van der Waals surface area contributed by atoms with Crippen molar-refractivity contribution in [1.29, 1.82) is 0 Å². The Hall–Kier alpha value is -2.08. The predicted molar refractivity (Wildman–Crippen MR) is 83.0 cm³/mol. The van der Waals surface area contributed by atoms with Crippen LogP contribution in [-0.2, 0) is 0 Å². The number of benzene rings is 2. The van der Waals surface area contributed by atoms with Crippen molar-refractivity contribution >= 4 is 27.5 Å². The van der Waals surface area contributed by atoms with Gasteiger partial charge in [0.1, 0.15) is 5.75 Å². The maximum atomic E-state index is 13.8. The monoisotopic (exact) mass is 352 g/mol. The van der Waals surface area contributed by atoms with Crippen LogP contribution in [0.25, 0.3) is 0 Å². The van der Waals surface area contributed by atoms with E-state index in [2.05, 4.69) is 21.2 Å². The Bertz CT molecular complexity index is 677. The van der Waals surface area contributed by atoms with Crippen LogP contribution in [-0.4, -0.2) is 12.5 Å². The van der Waals surface area contributed by atoms with E-state index in [0.29, 0.717) is 22.3 Å². The lowest BCUT2D eigenvalue weighted by atomic mass is 10.1. The van der Waals surface area contributed by atoms with Crippen LogP contribution in [0.5, 0.6) is 11.5 Å². The summed E-state index contributed by atoms with van der Waals surface area (Å²) in [6.45, 7) is 2.29. The van der Waals surface area contributed by atoms with Crippen LogP contribution in [0, 0.1) is 5.82 Å². The number of nitrogen functional groups attached to an aromatic ring is 1. The zero-order valence-electron chi connectivity index (χ0n) is 11.3. The van der Waals surface area contributed by atoms with Gasteiger partial charge in [-0.15, -0.1) is 0 Å². The van der Waals surface area contributed by atoms with Gasteiger partial charge in [-0.3, -0.25) is 4.79 Å². The molecule has 1 amide bonds. The molecule has 0 aliphatic heterocycles. The largest absolute Gasteiger partial charge is 0.453 e. The molecule has 0 aromatic heterocycles. The number of amides is 1. The van der Waals surface area contributed by atoms with Gasteiger partial charge in [-0.2, -0.15) is 0 Å². The second-order valence-electron chi connectivity index (χ2n) is 4.29. The Morgan fingerprint density at radius 3 is 2.71 bits per heavy atom. The minimum Gasteiger partial charge on any atom is -0.453 e. The minimum absolute atomic E-state index is 0.0225. The summed E-state index contributed by atoms with van der Waals surface area (Å²) in [4.78, 5) is 12.0. The number of carbonyl (C=O) groups excluding carboxylic acids is 1. The van der Waals surface area contributed by atoms with Crippen molar-refractivity contribution in [3.63, 3.8) is 0 Å². The normalized spacial score (nSPS) is 10.2. The number of anilines is 1. The van der Waals surface area contributed by atoms with Gasteiger partial charge in [-0.05, 0) is 37.3 Å². The van der Waals surface area contributed by atoms with Crippen LogP contribution >= 0.6 is 15.9 Å². The van der Waals surface area contributed by atoms with Crippen molar-refractivity contribution in [3.8, 4) is 11.5 Å². The molecule has 0 bridgehead atoms. The smallest absolute Gasteiger partial charge is 0.255 e. The first-order valence-electron chi connectivity index (χ1n) is 6.32. The van der Waals surface area contributed by atoms with E-state index in [-0.39, 0.29) is 17.4 Å². The number of rotatable bonds is 4. The van der Waals surface area contributed by atoms with E-state index in [0.717, 1.165) is 0 Å². The fraction of sp³-hybridized carbons (Fsp3) is 0.133. The van der Waals surface area contributed by atoms with Crippen LogP contribution in [0.15, 0.2) is 40.9 Å². The highest BCUT2D eigenvalue weighted by Gasteiger charge is 2.14. The zero-order valence-corrected chi connectivity index (χ0v) is 12.9. The van der Waals surface area contributed by atoms with Gasteiger partial charge in [0, 0.05) is 22.8 Å². The average molecular weight is 353 g/mol. The molecule has 0 spiro atoms. The van der Waals surface area contributed by atoms with Gasteiger partial charge in [0.25, 0.3) is 5.91 Å². The van der Waals surface area contributed by atoms with Gasteiger partial charge in [0.15, 0.2) is 11.6 Å². The SMILES string of the molecule is CCNC(=O)c1ccc(N)cc1Oc1ccc(Br)cc1F. The van der Waals surface area contributed by atoms with E-state index in [1.54, 1.807) is 18.2 Å². The predicted octanol–water partition coefficient (Wildman–Crippen LogP) is 3.71. The van der Waals surface area contributed by atoms with Crippen molar-refractivity contribution < 1.29 is 13.9 Å². The van der Waals surface area contributed by atoms with Crippen molar-refractivity contribution in [2.24, 2.45) is 0 Å². The molecule has 2 aromatic carbocycles. The molecule has 2 aromatic rings. The Morgan fingerprint density at radius 2 is 2.05 bits per heavy atom. The van der Waals surface area contributed by atoms with E-state index in [4.69, 9.17) is 10.5 Å². The third-order valence-corrected chi connectivity index (χ3v) is 3.19. The third kappa shape index (κ3) is 3.72. The molecule has 0 saturated heterocycles. The summed E-state index contributed by atoms with van der Waals surface area (Å²) >= 11 is 3.17. The van der Waals surface area contributed by atoms with Crippen molar-refractivity contribution in [2.45, 2.75) is 6.92 Å². The Morgan fingerprint density at radius 1 is 1.29 bits per heavy atom. The van der Waals surface area contributed by atoms with Crippen LogP contribution in [0.2, 0.25) is 0 Å². The van der Waals surface area contributed by atoms with E-state index in [1.165, 1.54) is 18.2 Å². The first kappa shape index (κ1) is 15.3. The number of hydrogen-bond acceptors (Lipinski definition) is 3. The molecule has 0 heterocycles. The summed E-state index contributed by atoms with van der Waals surface area (Å²) in [7, 11) is 0. The van der Waals surface area contributed by atoms with Gasteiger partial charge < -0.3 is 15.8 Å². The van der Waals surface area contributed by atoms with Gasteiger partial charge >= 0.3 is 0 Å². The molecule has 0 radical (unpaired) electrons. The molecular weight excluding hydrogens is 339 g/mol. The van der Waals surface area contributed by atoms with E-state index in [1.807, 2.05) is 6.92 Å². The lowest BCUT2D eigenvalue weighted by Gasteiger charge is -2.12. The summed E-state index contributed by atoms with van der Waals surface area (Å²) in [5, 5.41) is 2.67. The van der Waals surface area contributed by atoms with Gasteiger partial charge in [0.05, 0.1) is 5.56 Å². The molecule has 3 N–H and O–H groups in total. The summed E-state index contributed by atoms with van der Waals surface area (Å²) in [6, 6.07) is 9.04. The summed E-state index contributed by atoms with van der Waals surface area (Å²) in [5.74, 6) is -0.602. The quantitative estimate of drug-likeness (QED) is 0.824. The first-order valence-corrected chi connectivity index (χ1v) is 7.11. The molecular formula is C15H14BrFN2O2. The molecule has 110 valence electrons. The van der Waals surface area contributed by atoms with Crippen LogP contribution < -0.4 is 15.8 Å². The number of nitrogens with one attached hydrogen (secondary N) is 1. The maximum absolute atomic E-state index is 13.8. The van der Waals surface area contributed by atoms with Crippen molar-refractivity contribution in [3.05, 3.63) is 52.3 Å². The number of hydrogen-bond donors (Lipinski definition) is 2. The summed E-state index contributed by atoms with van der Waals surface area (Å²) < 4.78 is 19.9. The Labute approximate surface area is 130 Å². The summed E-state index contributed by atoms with van der Waals surface area (Å²) in [6.07, 6.45) is 0. The molecule has 2 rings (SSSR count). The van der Waals surface area contributed by atoms with Crippen molar-refractivity contribution in [1.82, 2.24) is 5.32 Å². The number of halogens is 2. The topological polar surface area (TPSA) is 64.4 Å². The average Bonchev–Trinajstić information content (AvgIpc) is 2.42. The molecule has 0 fully saturated rings. The molecule has 4 nitrogen and oxygen atoms in total. The third-order valence-electron chi connectivity index (χ3n) is 2.70.